The number of aliphatic hydroxyl groups excluding tert-OH is 1. The maximum absolute atomic E-state index is 13.2. The van der Waals surface area contributed by atoms with Gasteiger partial charge in [-0.3, -0.25) is 14.6 Å². The number of carbonyl (C=O) groups is 2. The maximum Gasteiger partial charge on any atom is 0.332 e. The molecule has 6 nitrogen and oxygen atoms in total. The summed E-state index contributed by atoms with van der Waals surface area (Å²) >= 11 is 0. The van der Waals surface area contributed by atoms with Gasteiger partial charge in [-0.15, -0.1) is 0 Å². The third kappa shape index (κ3) is 4.65. The predicted octanol–water partition coefficient (Wildman–Crippen LogP) is 3.42. The van der Waals surface area contributed by atoms with Gasteiger partial charge in [-0.05, 0) is 24.1 Å². The van der Waals surface area contributed by atoms with E-state index in [1.807, 2.05) is 67.6 Å². The van der Waals surface area contributed by atoms with Crippen molar-refractivity contribution in [3.8, 4) is 0 Å². The average Bonchev–Trinajstić information content (AvgIpc) is 2.81. The molecule has 0 aliphatic carbocycles. The molecule has 1 N–H and O–H groups in total. The lowest BCUT2D eigenvalue weighted by Crippen LogP contribution is -2.67. The van der Waals surface area contributed by atoms with Crippen molar-refractivity contribution < 1.29 is 19.4 Å². The van der Waals surface area contributed by atoms with Crippen LogP contribution in [-0.4, -0.2) is 54.2 Å². The second-order valence-corrected chi connectivity index (χ2v) is 8.17. The van der Waals surface area contributed by atoms with Crippen molar-refractivity contribution in [2.24, 2.45) is 5.92 Å². The van der Waals surface area contributed by atoms with E-state index in [9.17, 15) is 14.7 Å². The van der Waals surface area contributed by atoms with Crippen LogP contribution in [0.2, 0.25) is 0 Å². The van der Waals surface area contributed by atoms with Crippen LogP contribution in [0.4, 0.5) is 5.69 Å². The molecule has 0 bridgehead atoms. The third-order valence-electron chi connectivity index (χ3n) is 6.28. The molecule has 0 aromatic heterocycles. The summed E-state index contributed by atoms with van der Waals surface area (Å²) in [6.07, 6.45) is 0.112. The van der Waals surface area contributed by atoms with Gasteiger partial charge in [0, 0.05) is 37.7 Å². The number of nitrogens with zero attached hydrogens (tertiary/aromatic N) is 2. The molecule has 2 aromatic carbocycles. The Bertz CT molecular complexity index is 874. The Morgan fingerprint density at radius 3 is 2.32 bits per heavy atom. The molecule has 3 rings (SSSR count). The molecule has 0 saturated carbocycles. The molecule has 1 saturated heterocycles. The van der Waals surface area contributed by atoms with E-state index in [0.29, 0.717) is 31.7 Å². The van der Waals surface area contributed by atoms with Crippen molar-refractivity contribution in [2.45, 2.75) is 38.3 Å². The van der Waals surface area contributed by atoms with Gasteiger partial charge in [-0.25, -0.2) is 4.79 Å². The van der Waals surface area contributed by atoms with E-state index >= 15 is 0 Å². The first-order chi connectivity index (χ1) is 14.9. The van der Waals surface area contributed by atoms with Crippen LogP contribution in [0.15, 0.2) is 60.7 Å². The molecule has 1 aliphatic rings. The highest BCUT2D eigenvalue weighted by atomic mass is 16.5. The number of esters is 1. The first-order valence-corrected chi connectivity index (χ1v) is 10.9. The van der Waals surface area contributed by atoms with Crippen LogP contribution in [0.25, 0.3) is 0 Å². The molecule has 166 valence electrons. The smallest absolute Gasteiger partial charge is 0.332 e. The molecule has 2 aromatic rings. The summed E-state index contributed by atoms with van der Waals surface area (Å²) in [6.45, 7) is 5.40. The monoisotopic (exact) mass is 424 g/mol. The van der Waals surface area contributed by atoms with Crippen LogP contribution in [-0.2, 0) is 14.3 Å². The number of para-hydroxylation sites is 1. The SMILES string of the molecule is CCC(=O)N(c1ccccc1)[C@@]1(C(=O)OC)CCN(CC(O)c2ccccc2)C[C@H]1C. The van der Waals surface area contributed by atoms with E-state index < -0.39 is 17.6 Å². The van der Waals surface area contributed by atoms with Crippen molar-refractivity contribution in [1.82, 2.24) is 4.90 Å². The van der Waals surface area contributed by atoms with Crippen LogP contribution < -0.4 is 4.90 Å². The van der Waals surface area contributed by atoms with Crippen molar-refractivity contribution in [3.63, 3.8) is 0 Å². The van der Waals surface area contributed by atoms with E-state index in [0.717, 1.165) is 5.56 Å². The number of aliphatic hydroxyl groups is 1. The van der Waals surface area contributed by atoms with Gasteiger partial charge in [0.25, 0.3) is 0 Å². The fourth-order valence-corrected chi connectivity index (χ4v) is 4.63. The number of methoxy groups -OCH3 is 1. The van der Waals surface area contributed by atoms with Gasteiger partial charge in [-0.2, -0.15) is 0 Å². The zero-order valence-corrected chi connectivity index (χ0v) is 18.5. The predicted molar refractivity (Wildman–Crippen MR) is 121 cm³/mol. The summed E-state index contributed by atoms with van der Waals surface area (Å²) in [5.41, 5.74) is 0.480. The number of hydrogen-bond donors (Lipinski definition) is 1. The molecule has 3 atom stereocenters. The number of likely N-dealkylation sites (tertiary alicyclic amines) is 1. The first-order valence-electron chi connectivity index (χ1n) is 10.9. The largest absolute Gasteiger partial charge is 0.467 e. The first kappa shape index (κ1) is 23.0. The lowest BCUT2D eigenvalue weighted by Gasteiger charge is -2.50. The number of amides is 1. The number of hydrogen-bond acceptors (Lipinski definition) is 5. The van der Waals surface area contributed by atoms with Gasteiger partial charge in [-0.1, -0.05) is 62.4 Å². The molecule has 1 heterocycles. The van der Waals surface area contributed by atoms with Gasteiger partial charge in [0.1, 0.15) is 5.54 Å². The average molecular weight is 425 g/mol. The summed E-state index contributed by atoms with van der Waals surface area (Å²) < 4.78 is 5.25. The summed E-state index contributed by atoms with van der Waals surface area (Å²) in [5.74, 6) is -0.692. The Morgan fingerprint density at radius 1 is 1.16 bits per heavy atom. The normalized spacial score (nSPS) is 22.5. The lowest BCUT2D eigenvalue weighted by molar-refractivity contribution is -0.153. The van der Waals surface area contributed by atoms with Crippen LogP contribution >= 0.6 is 0 Å². The molecule has 1 amide bonds. The summed E-state index contributed by atoms with van der Waals surface area (Å²) in [4.78, 5) is 30.1. The molecule has 1 fully saturated rings. The van der Waals surface area contributed by atoms with E-state index in [1.54, 1.807) is 11.8 Å². The number of benzene rings is 2. The van der Waals surface area contributed by atoms with Gasteiger partial charge in [0.2, 0.25) is 5.91 Å². The number of carbonyl (C=O) groups excluding carboxylic acids is 2. The molecule has 6 heteroatoms. The zero-order valence-electron chi connectivity index (χ0n) is 18.5. The standard InChI is InChI=1S/C25H32N2O4/c1-4-23(29)27(21-13-9-6-10-14-21)25(24(30)31-3)15-16-26(17-19(25)2)18-22(28)20-11-7-5-8-12-20/h5-14,19,22,28H,4,15-18H2,1-3H3/t19-,22?,25+/m1/s1. The molecular weight excluding hydrogens is 392 g/mol. The Morgan fingerprint density at radius 2 is 1.77 bits per heavy atom. The number of rotatable bonds is 7. The van der Waals surface area contributed by atoms with Crippen molar-refractivity contribution >= 4 is 17.6 Å². The minimum atomic E-state index is -1.09. The Hall–Kier alpha value is -2.70. The quantitative estimate of drug-likeness (QED) is 0.690. The van der Waals surface area contributed by atoms with Crippen LogP contribution in [0.3, 0.4) is 0 Å². The van der Waals surface area contributed by atoms with Crippen LogP contribution in [0.1, 0.15) is 38.4 Å². The Balaban J connectivity index is 1.88. The Kier molecular flexibility index (Phi) is 7.46. The summed E-state index contributed by atoms with van der Waals surface area (Å²) in [5, 5.41) is 10.7. The second kappa shape index (κ2) is 10.1. The molecule has 31 heavy (non-hydrogen) atoms. The van der Waals surface area contributed by atoms with Gasteiger partial charge >= 0.3 is 5.97 Å². The molecule has 0 radical (unpaired) electrons. The fourth-order valence-electron chi connectivity index (χ4n) is 4.63. The van der Waals surface area contributed by atoms with Gasteiger partial charge in [0.15, 0.2) is 0 Å². The van der Waals surface area contributed by atoms with Crippen molar-refractivity contribution in [1.29, 1.82) is 0 Å². The van der Waals surface area contributed by atoms with E-state index in [1.165, 1.54) is 7.11 Å². The highest BCUT2D eigenvalue weighted by Gasteiger charge is 2.54. The topological polar surface area (TPSA) is 70.1 Å². The van der Waals surface area contributed by atoms with E-state index in [-0.39, 0.29) is 18.2 Å². The highest BCUT2D eigenvalue weighted by molar-refractivity contribution is 6.02. The molecule has 0 spiro atoms. The van der Waals surface area contributed by atoms with Crippen molar-refractivity contribution in [2.75, 3.05) is 31.6 Å². The molecule has 1 aliphatic heterocycles. The lowest BCUT2D eigenvalue weighted by atomic mass is 9.76. The molecular formula is C25H32N2O4. The number of piperidine rings is 1. The van der Waals surface area contributed by atoms with E-state index in [2.05, 4.69) is 4.90 Å². The summed E-state index contributed by atoms with van der Waals surface area (Å²) in [7, 11) is 1.38. The van der Waals surface area contributed by atoms with Gasteiger partial charge < -0.3 is 9.84 Å². The highest BCUT2D eigenvalue weighted by Crippen LogP contribution is 2.39. The minimum Gasteiger partial charge on any atom is -0.467 e. The maximum atomic E-state index is 13.2. The van der Waals surface area contributed by atoms with E-state index in [4.69, 9.17) is 4.74 Å². The fraction of sp³-hybridized carbons (Fsp3) is 0.440. The zero-order chi connectivity index (χ0) is 22.4. The summed E-state index contributed by atoms with van der Waals surface area (Å²) in [6, 6.07) is 18.9. The second-order valence-electron chi connectivity index (χ2n) is 8.17. The van der Waals surface area contributed by atoms with Crippen LogP contribution in [0, 0.1) is 5.92 Å². The van der Waals surface area contributed by atoms with Crippen LogP contribution in [0.5, 0.6) is 0 Å². The minimum absolute atomic E-state index is 0.110. The molecule has 1 unspecified atom stereocenters. The van der Waals surface area contributed by atoms with Gasteiger partial charge in [0.05, 0.1) is 13.2 Å². The number of ether oxygens (including phenoxy) is 1. The number of anilines is 1. The van der Waals surface area contributed by atoms with Crippen molar-refractivity contribution in [3.05, 3.63) is 66.2 Å². The third-order valence-corrected chi connectivity index (χ3v) is 6.28. The Labute approximate surface area is 184 Å². The number of β-amino-alcohol motifs (C(OH)–C–C–N with tert-alkyl or cyclic N) is 1.